The summed E-state index contributed by atoms with van der Waals surface area (Å²) >= 11 is 0. The van der Waals surface area contributed by atoms with E-state index in [1.165, 1.54) is 0 Å². The van der Waals surface area contributed by atoms with Crippen LogP contribution in [0.4, 0.5) is 0 Å². The standard InChI is InChI=1S/C12H23NO2/c1-11(2,3)9-6-7-13(8-9)10(14)12(4,5)15/h9,15H,6-8H2,1-5H3/t9-/m0/s1. The molecule has 0 aromatic heterocycles. The minimum Gasteiger partial charge on any atom is -0.381 e. The van der Waals surface area contributed by atoms with Gasteiger partial charge in [-0.3, -0.25) is 4.79 Å². The molecule has 15 heavy (non-hydrogen) atoms. The third kappa shape index (κ3) is 2.94. The zero-order chi connectivity index (χ0) is 11.9. The average Bonchev–Trinajstić information content (AvgIpc) is 2.47. The van der Waals surface area contributed by atoms with Crippen LogP contribution in [0.1, 0.15) is 41.0 Å². The molecule has 1 aliphatic heterocycles. The van der Waals surface area contributed by atoms with Crippen molar-refractivity contribution < 1.29 is 9.90 Å². The molecule has 88 valence electrons. The lowest BCUT2D eigenvalue weighted by molar-refractivity contribution is -0.146. The molecule has 0 spiro atoms. The number of carbonyl (C=O) groups excluding carboxylic acids is 1. The molecule has 1 saturated heterocycles. The molecule has 0 bridgehead atoms. The van der Waals surface area contributed by atoms with Crippen LogP contribution in [-0.2, 0) is 4.79 Å². The molecule has 0 radical (unpaired) electrons. The first-order chi connectivity index (χ1) is 6.62. The van der Waals surface area contributed by atoms with Gasteiger partial charge in [0.05, 0.1) is 0 Å². The largest absolute Gasteiger partial charge is 0.381 e. The molecule has 0 aromatic rings. The first-order valence-corrected chi connectivity index (χ1v) is 5.64. The Balaban J connectivity index is 2.62. The number of amides is 1. The Morgan fingerprint density at radius 3 is 2.13 bits per heavy atom. The molecule has 1 amide bonds. The second-order valence-corrected chi connectivity index (χ2v) is 6.16. The first-order valence-electron chi connectivity index (χ1n) is 5.64. The SMILES string of the molecule is CC(C)(O)C(=O)N1CC[C@H](C(C)(C)C)C1. The summed E-state index contributed by atoms with van der Waals surface area (Å²) in [6, 6.07) is 0. The molecular weight excluding hydrogens is 190 g/mol. The van der Waals surface area contributed by atoms with E-state index in [0.717, 1.165) is 19.5 Å². The normalized spacial score (nSPS) is 23.3. The van der Waals surface area contributed by atoms with Crippen LogP contribution in [-0.4, -0.2) is 34.6 Å². The number of hydrogen-bond acceptors (Lipinski definition) is 2. The van der Waals surface area contributed by atoms with Crippen molar-refractivity contribution in [2.45, 2.75) is 46.6 Å². The number of rotatable bonds is 1. The molecule has 1 N–H and O–H groups in total. The van der Waals surface area contributed by atoms with Gasteiger partial charge in [-0.15, -0.1) is 0 Å². The Hall–Kier alpha value is -0.570. The number of likely N-dealkylation sites (tertiary alicyclic amines) is 1. The predicted molar refractivity (Wildman–Crippen MR) is 60.4 cm³/mol. The highest BCUT2D eigenvalue weighted by Crippen LogP contribution is 2.34. The van der Waals surface area contributed by atoms with Crippen molar-refractivity contribution in [3.63, 3.8) is 0 Å². The molecule has 1 aliphatic rings. The van der Waals surface area contributed by atoms with Crippen LogP contribution in [0.25, 0.3) is 0 Å². The Bertz CT molecular complexity index is 247. The lowest BCUT2D eigenvalue weighted by atomic mass is 9.80. The van der Waals surface area contributed by atoms with Gasteiger partial charge in [0.1, 0.15) is 5.60 Å². The van der Waals surface area contributed by atoms with Crippen molar-refractivity contribution in [2.24, 2.45) is 11.3 Å². The summed E-state index contributed by atoms with van der Waals surface area (Å²) < 4.78 is 0. The van der Waals surface area contributed by atoms with Gasteiger partial charge in [-0.1, -0.05) is 20.8 Å². The van der Waals surface area contributed by atoms with Crippen molar-refractivity contribution in [3.05, 3.63) is 0 Å². The summed E-state index contributed by atoms with van der Waals surface area (Å²) in [5, 5.41) is 9.64. The zero-order valence-electron chi connectivity index (χ0n) is 10.5. The maximum Gasteiger partial charge on any atom is 0.253 e. The van der Waals surface area contributed by atoms with E-state index in [4.69, 9.17) is 0 Å². The van der Waals surface area contributed by atoms with Gasteiger partial charge in [0, 0.05) is 13.1 Å². The quantitative estimate of drug-likeness (QED) is 0.719. The van der Waals surface area contributed by atoms with E-state index < -0.39 is 5.60 Å². The van der Waals surface area contributed by atoms with E-state index in [-0.39, 0.29) is 11.3 Å². The van der Waals surface area contributed by atoms with E-state index in [1.54, 1.807) is 18.7 Å². The van der Waals surface area contributed by atoms with Crippen LogP contribution in [0.2, 0.25) is 0 Å². The van der Waals surface area contributed by atoms with Crippen molar-refractivity contribution in [1.29, 1.82) is 0 Å². The fourth-order valence-electron chi connectivity index (χ4n) is 2.04. The third-order valence-electron chi connectivity index (χ3n) is 3.22. The van der Waals surface area contributed by atoms with Crippen LogP contribution >= 0.6 is 0 Å². The smallest absolute Gasteiger partial charge is 0.253 e. The number of hydrogen-bond donors (Lipinski definition) is 1. The van der Waals surface area contributed by atoms with Crippen LogP contribution in [0.5, 0.6) is 0 Å². The highest BCUT2D eigenvalue weighted by atomic mass is 16.3. The molecule has 0 aliphatic carbocycles. The van der Waals surface area contributed by atoms with Gasteiger partial charge in [-0.05, 0) is 31.6 Å². The van der Waals surface area contributed by atoms with Gasteiger partial charge >= 0.3 is 0 Å². The molecule has 0 unspecified atom stereocenters. The summed E-state index contributed by atoms with van der Waals surface area (Å²) in [5.74, 6) is 0.401. The first kappa shape index (κ1) is 12.5. The minimum absolute atomic E-state index is 0.144. The lowest BCUT2D eigenvalue weighted by Gasteiger charge is -2.28. The fraction of sp³-hybridized carbons (Fsp3) is 0.917. The van der Waals surface area contributed by atoms with Crippen LogP contribution in [0, 0.1) is 11.3 Å². The van der Waals surface area contributed by atoms with Gasteiger partial charge in [0.2, 0.25) is 0 Å². The Morgan fingerprint density at radius 2 is 1.80 bits per heavy atom. The zero-order valence-corrected chi connectivity index (χ0v) is 10.5. The third-order valence-corrected chi connectivity index (χ3v) is 3.22. The van der Waals surface area contributed by atoms with Crippen molar-refractivity contribution in [2.75, 3.05) is 13.1 Å². The predicted octanol–water partition coefficient (Wildman–Crippen LogP) is 1.65. The highest BCUT2D eigenvalue weighted by molar-refractivity contribution is 5.84. The van der Waals surface area contributed by atoms with E-state index in [0.29, 0.717) is 5.92 Å². The Kier molecular flexibility index (Phi) is 3.15. The van der Waals surface area contributed by atoms with Gasteiger partial charge < -0.3 is 10.0 Å². The van der Waals surface area contributed by atoms with Gasteiger partial charge in [-0.2, -0.15) is 0 Å². The molecule has 1 fully saturated rings. The Morgan fingerprint density at radius 1 is 1.27 bits per heavy atom. The van der Waals surface area contributed by atoms with Crippen molar-refractivity contribution in [1.82, 2.24) is 4.90 Å². The monoisotopic (exact) mass is 213 g/mol. The molecule has 3 heteroatoms. The molecule has 1 rings (SSSR count). The second-order valence-electron chi connectivity index (χ2n) is 6.16. The summed E-state index contributed by atoms with van der Waals surface area (Å²) in [6.45, 7) is 11.3. The maximum atomic E-state index is 11.8. The average molecular weight is 213 g/mol. The second kappa shape index (κ2) is 3.78. The number of aliphatic hydroxyl groups is 1. The summed E-state index contributed by atoms with van der Waals surface area (Å²) in [6.07, 6.45) is 1.05. The van der Waals surface area contributed by atoms with Crippen molar-refractivity contribution >= 4 is 5.91 Å². The number of carbonyl (C=O) groups is 1. The summed E-state index contributed by atoms with van der Waals surface area (Å²) in [5.41, 5.74) is -0.985. The Labute approximate surface area is 92.5 Å². The van der Waals surface area contributed by atoms with Crippen LogP contribution < -0.4 is 0 Å². The maximum absolute atomic E-state index is 11.8. The molecule has 0 aromatic carbocycles. The summed E-state index contributed by atoms with van der Waals surface area (Å²) in [7, 11) is 0. The van der Waals surface area contributed by atoms with Crippen LogP contribution in [0.3, 0.4) is 0 Å². The van der Waals surface area contributed by atoms with Gasteiger partial charge in [0.15, 0.2) is 0 Å². The van der Waals surface area contributed by atoms with Gasteiger partial charge in [-0.25, -0.2) is 0 Å². The minimum atomic E-state index is -1.23. The van der Waals surface area contributed by atoms with E-state index >= 15 is 0 Å². The molecule has 3 nitrogen and oxygen atoms in total. The molecule has 1 heterocycles. The molecule has 1 atom stereocenters. The lowest BCUT2D eigenvalue weighted by Crippen LogP contribution is -2.44. The van der Waals surface area contributed by atoms with Crippen LogP contribution in [0.15, 0.2) is 0 Å². The van der Waals surface area contributed by atoms with Crippen molar-refractivity contribution in [3.8, 4) is 0 Å². The van der Waals surface area contributed by atoms with E-state index in [1.807, 2.05) is 0 Å². The number of nitrogens with zero attached hydrogens (tertiary/aromatic N) is 1. The van der Waals surface area contributed by atoms with E-state index in [9.17, 15) is 9.90 Å². The van der Waals surface area contributed by atoms with E-state index in [2.05, 4.69) is 20.8 Å². The highest BCUT2D eigenvalue weighted by Gasteiger charge is 2.37. The molecule has 0 saturated carbocycles. The summed E-state index contributed by atoms with van der Waals surface area (Å²) in [4.78, 5) is 13.6. The topological polar surface area (TPSA) is 40.5 Å². The molecular formula is C12H23NO2. The fourth-order valence-corrected chi connectivity index (χ4v) is 2.04. The van der Waals surface area contributed by atoms with Gasteiger partial charge in [0.25, 0.3) is 5.91 Å².